The van der Waals surface area contributed by atoms with Crippen molar-refractivity contribution in [2.75, 3.05) is 33.3 Å². The lowest BCUT2D eigenvalue weighted by molar-refractivity contribution is -0.0840. The molecule has 3 rings (SSSR count). The number of fused-ring (bicyclic) bond motifs is 1. The lowest BCUT2D eigenvalue weighted by atomic mass is 10.0. The number of morpholine rings is 1. The van der Waals surface area contributed by atoms with Gasteiger partial charge in [-0.15, -0.1) is 0 Å². The summed E-state index contributed by atoms with van der Waals surface area (Å²) in [6.45, 7) is 4.34. The lowest BCUT2D eigenvalue weighted by Crippen LogP contribution is -2.59. The number of likely N-dealkylation sites (N-methyl/N-ethyl adjacent to an activating group) is 1. The molecule has 21 heavy (non-hydrogen) atoms. The zero-order valence-electron chi connectivity index (χ0n) is 12.7. The van der Waals surface area contributed by atoms with Crippen molar-refractivity contribution in [1.29, 1.82) is 0 Å². The molecule has 2 fully saturated rings. The van der Waals surface area contributed by atoms with E-state index in [1.54, 1.807) is 29.0 Å². The fourth-order valence-electron chi connectivity index (χ4n) is 3.01. The Morgan fingerprint density at radius 2 is 2.10 bits per heavy atom. The van der Waals surface area contributed by atoms with Gasteiger partial charge >= 0.3 is 0 Å². The fourth-order valence-corrected chi connectivity index (χ4v) is 4.51. The monoisotopic (exact) mass is 314 g/mol. The Balaban J connectivity index is 1.83. The molecule has 1 aromatic rings. The second kappa shape index (κ2) is 5.35. The topological polar surface area (TPSA) is 67.7 Å². The Morgan fingerprint density at radius 1 is 1.33 bits per heavy atom. The standard InChI is InChI=1S/C13H22N4O3S/c1-10-14-13(9-16(10)3)21(18,19)17-5-4-12-11(8-17)15(2)6-7-20-12/h9,11-12H,4-8H2,1-3H3/t11-,12-/m0/s1. The molecule has 0 saturated carbocycles. The van der Waals surface area contributed by atoms with Gasteiger partial charge in [0.15, 0.2) is 5.03 Å². The zero-order chi connectivity index (χ0) is 15.2. The maximum absolute atomic E-state index is 12.7. The van der Waals surface area contributed by atoms with E-state index in [0.717, 1.165) is 19.6 Å². The SMILES string of the molecule is Cc1nc(S(=O)(=O)N2CC[C@@H]3OCCN(C)[C@H]3C2)cn1C. The van der Waals surface area contributed by atoms with Crippen molar-refractivity contribution in [3.8, 4) is 0 Å². The number of rotatable bonds is 2. The normalized spacial score (nSPS) is 28.5. The van der Waals surface area contributed by atoms with Crippen LogP contribution in [0, 0.1) is 6.92 Å². The zero-order valence-corrected chi connectivity index (χ0v) is 13.5. The minimum Gasteiger partial charge on any atom is -0.375 e. The third-order valence-electron chi connectivity index (χ3n) is 4.52. The van der Waals surface area contributed by atoms with Gasteiger partial charge in [0.1, 0.15) is 5.82 Å². The van der Waals surface area contributed by atoms with Crippen LogP contribution in [0.5, 0.6) is 0 Å². The highest BCUT2D eigenvalue weighted by molar-refractivity contribution is 7.89. The van der Waals surface area contributed by atoms with Gasteiger partial charge in [0.2, 0.25) is 0 Å². The number of nitrogens with zero attached hydrogens (tertiary/aromatic N) is 4. The predicted molar refractivity (Wildman–Crippen MR) is 77.5 cm³/mol. The van der Waals surface area contributed by atoms with Gasteiger partial charge < -0.3 is 9.30 Å². The van der Waals surface area contributed by atoms with Gasteiger partial charge in [-0.2, -0.15) is 4.31 Å². The molecule has 0 bridgehead atoms. The smallest absolute Gasteiger partial charge is 0.262 e. The Bertz CT molecular complexity index is 608. The van der Waals surface area contributed by atoms with Crippen molar-refractivity contribution in [2.45, 2.75) is 30.5 Å². The quantitative estimate of drug-likeness (QED) is 0.758. The summed E-state index contributed by atoms with van der Waals surface area (Å²) in [5, 5.41) is 0.139. The maximum atomic E-state index is 12.7. The Kier molecular flexibility index (Phi) is 3.81. The second-order valence-corrected chi connectivity index (χ2v) is 7.73. The molecule has 2 saturated heterocycles. The van der Waals surface area contributed by atoms with Crippen molar-refractivity contribution < 1.29 is 13.2 Å². The van der Waals surface area contributed by atoms with E-state index in [-0.39, 0.29) is 17.2 Å². The first-order chi connectivity index (χ1) is 9.89. The molecule has 8 heteroatoms. The molecule has 0 N–H and O–H groups in total. The van der Waals surface area contributed by atoms with Crippen molar-refractivity contribution >= 4 is 10.0 Å². The van der Waals surface area contributed by atoms with E-state index in [4.69, 9.17) is 4.74 Å². The van der Waals surface area contributed by atoms with Gasteiger partial charge in [0, 0.05) is 38.9 Å². The van der Waals surface area contributed by atoms with Crippen LogP contribution in [-0.2, 0) is 21.8 Å². The number of imidazole rings is 1. The number of ether oxygens (including phenoxy) is 1. The average Bonchev–Trinajstić information content (AvgIpc) is 2.79. The highest BCUT2D eigenvalue weighted by atomic mass is 32.2. The molecule has 0 radical (unpaired) electrons. The van der Waals surface area contributed by atoms with Gasteiger partial charge in [0.25, 0.3) is 10.0 Å². The summed E-state index contributed by atoms with van der Waals surface area (Å²) in [5.74, 6) is 0.696. The summed E-state index contributed by atoms with van der Waals surface area (Å²) in [6, 6.07) is 0.132. The van der Waals surface area contributed by atoms with Crippen LogP contribution >= 0.6 is 0 Å². The summed E-state index contributed by atoms with van der Waals surface area (Å²) in [7, 11) is 0.312. The van der Waals surface area contributed by atoms with Gasteiger partial charge in [-0.25, -0.2) is 13.4 Å². The molecular weight excluding hydrogens is 292 g/mol. The van der Waals surface area contributed by atoms with Gasteiger partial charge in [0.05, 0.1) is 12.7 Å². The molecule has 0 spiro atoms. The number of hydrogen-bond donors (Lipinski definition) is 0. The largest absolute Gasteiger partial charge is 0.375 e. The minimum atomic E-state index is -3.52. The van der Waals surface area contributed by atoms with Crippen molar-refractivity contribution in [1.82, 2.24) is 18.8 Å². The highest BCUT2D eigenvalue weighted by Gasteiger charge is 2.40. The molecule has 2 aliphatic rings. The lowest BCUT2D eigenvalue weighted by Gasteiger charge is -2.44. The highest BCUT2D eigenvalue weighted by Crippen LogP contribution is 2.26. The first-order valence-corrected chi connectivity index (χ1v) is 8.65. The second-order valence-electron chi connectivity index (χ2n) is 5.85. The molecule has 0 aliphatic carbocycles. The molecular formula is C13H22N4O3S. The van der Waals surface area contributed by atoms with E-state index < -0.39 is 10.0 Å². The van der Waals surface area contributed by atoms with E-state index in [2.05, 4.69) is 9.88 Å². The van der Waals surface area contributed by atoms with Crippen LogP contribution in [0.4, 0.5) is 0 Å². The van der Waals surface area contributed by atoms with E-state index in [9.17, 15) is 8.42 Å². The third-order valence-corrected chi connectivity index (χ3v) is 6.25. The maximum Gasteiger partial charge on any atom is 0.262 e. The van der Waals surface area contributed by atoms with Gasteiger partial charge in [-0.05, 0) is 20.4 Å². The van der Waals surface area contributed by atoms with E-state index >= 15 is 0 Å². The number of aromatic nitrogens is 2. The number of piperidine rings is 1. The molecule has 0 amide bonds. The summed E-state index contributed by atoms with van der Waals surface area (Å²) < 4.78 is 34.5. The first kappa shape index (κ1) is 15.0. The van der Waals surface area contributed by atoms with E-state index in [1.165, 1.54) is 0 Å². The van der Waals surface area contributed by atoms with Crippen LogP contribution in [0.15, 0.2) is 11.2 Å². The number of sulfonamides is 1. The van der Waals surface area contributed by atoms with Crippen molar-refractivity contribution in [3.05, 3.63) is 12.0 Å². The van der Waals surface area contributed by atoms with Crippen molar-refractivity contribution in [2.24, 2.45) is 7.05 Å². The Hall–Kier alpha value is -0.960. The first-order valence-electron chi connectivity index (χ1n) is 7.21. The summed E-state index contributed by atoms with van der Waals surface area (Å²) in [4.78, 5) is 6.36. The molecule has 2 aliphatic heterocycles. The summed E-state index contributed by atoms with van der Waals surface area (Å²) in [5.41, 5.74) is 0. The van der Waals surface area contributed by atoms with Gasteiger partial charge in [-0.1, -0.05) is 0 Å². The van der Waals surface area contributed by atoms with Gasteiger partial charge in [-0.3, -0.25) is 4.90 Å². The molecule has 3 heterocycles. The molecule has 0 unspecified atom stereocenters. The van der Waals surface area contributed by atoms with Crippen LogP contribution in [-0.4, -0.2) is 72.6 Å². The van der Waals surface area contributed by atoms with Crippen LogP contribution in [0.3, 0.4) is 0 Å². The van der Waals surface area contributed by atoms with E-state index in [1.807, 2.05) is 7.05 Å². The summed E-state index contributed by atoms with van der Waals surface area (Å²) >= 11 is 0. The summed E-state index contributed by atoms with van der Waals surface area (Å²) in [6.07, 6.45) is 2.46. The van der Waals surface area contributed by atoms with Crippen LogP contribution in [0.2, 0.25) is 0 Å². The number of hydrogen-bond acceptors (Lipinski definition) is 5. The molecule has 2 atom stereocenters. The molecule has 118 valence electrons. The third kappa shape index (κ3) is 2.61. The Morgan fingerprint density at radius 3 is 2.76 bits per heavy atom. The van der Waals surface area contributed by atoms with E-state index in [0.29, 0.717) is 18.9 Å². The Labute approximate surface area is 125 Å². The molecule has 1 aromatic heterocycles. The van der Waals surface area contributed by atoms with Crippen LogP contribution in [0.1, 0.15) is 12.2 Å². The van der Waals surface area contributed by atoms with Crippen molar-refractivity contribution in [3.63, 3.8) is 0 Å². The number of aryl methyl sites for hydroxylation is 2. The molecule has 0 aromatic carbocycles. The van der Waals surface area contributed by atoms with Crippen LogP contribution < -0.4 is 0 Å². The van der Waals surface area contributed by atoms with Crippen LogP contribution in [0.25, 0.3) is 0 Å². The average molecular weight is 314 g/mol. The minimum absolute atomic E-state index is 0.132. The fraction of sp³-hybridized carbons (Fsp3) is 0.769. The molecule has 7 nitrogen and oxygen atoms in total. The predicted octanol–water partition coefficient (Wildman–Crippen LogP) is -0.178.